The molecule has 0 bridgehead atoms. The summed E-state index contributed by atoms with van der Waals surface area (Å²) in [6.45, 7) is 3.67. The van der Waals surface area contributed by atoms with Crippen LogP contribution in [-0.2, 0) is 0 Å². The summed E-state index contributed by atoms with van der Waals surface area (Å²) in [6.07, 6.45) is 0. The van der Waals surface area contributed by atoms with Gasteiger partial charge >= 0.3 is 5.97 Å². The maximum Gasteiger partial charge on any atom is 0.337 e. The monoisotopic (exact) mass is 299 g/mol. The van der Waals surface area contributed by atoms with Crippen molar-refractivity contribution in [1.82, 2.24) is 3.96 Å². The summed E-state index contributed by atoms with van der Waals surface area (Å²) in [6, 6.07) is 10.8. The van der Waals surface area contributed by atoms with Crippen molar-refractivity contribution in [2.45, 2.75) is 13.8 Å². The van der Waals surface area contributed by atoms with E-state index in [0.717, 1.165) is 15.8 Å². The molecule has 0 saturated heterocycles. The number of aromatic nitrogens is 1. The molecule has 21 heavy (non-hydrogen) atoms. The first-order valence-electron chi connectivity index (χ1n) is 6.45. The zero-order valence-electron chi connectivity index (χ0n) is 11.6. The number of aryl methyl sites for hydroxylation is 2. The van der Waals surface area contributed by atoms with E-state index in [9.17, 15) is 14.7 Å². The number of carboxylic acid groups (broad SMARTS) is 1. The van der Waals surface area contributed by atoms with E-state index in [-0.39, 0.29) is 11.1 Å². The van der Waals surface area contributed by atoms with Gasteiger partial charge < -0.3 is 5.11 Å². The van der Waals surface area contributed by atoms with Crippen molar-refractivity contribution in [3.05, 3.63) is 63.4 Å². The van der Waals surface area contributed by atoms with Gasteiger partial charge in [-0.05, 0) is 43.2 Å². The molecule has 3 rings (SSSR count). The fourth-order valence-corrected chi connectivity index (χ4v) is 3.62. The number of rotatable bonds is 2. The summed E-state index contributed by atoms with van der Waals surface area (Å²) >= 11 is 1.27. The third kappa shape index (κ3) is 2.15. The first kappa shape index (κ1) is 13.6. The van der Waals surface area contributed by atoms with Crippen LogP contribution in [0.2, 0.25) is 0 Å². The second-order valence-electron chi connectivity index (χ2n) is 4.97. The predicted octanol–water partition coefficient (Wildman–Crippen LogP) is 3.37. The van der Waals surface area contributed by atoms with E-state index in [1.807, 2.05) is 32.0 Å². The molecule has 0 unspecified atom stereocenters. The van der Waals surface area contributed by atoms with E-state index in [1.165, 1.54) is 15.5 Å². The number of benzene rings is 2. The van der Waals surface area contributed by atoms with Crippen molar-refractivity contribution in [3.63, 3.8) is 0 Å². The normalized spacial score (nSPS) is 11.0. The zero-order valence-corrected chi connectivity index (χ0v) is 12.4. The van der Waals surface area contributed by atoms with Crippen LogP contribution in [0.15, 0.2) is 41.2 Å². The quantitative estimate of drug-likeness (QED) is 0.789. The molecule has 2 aromatic carbocycles. The molecule has 0 saturated carbocycles. The molecular formula is C16H13NO3S. The lowest BCUT2D eigenvalue weighted by Crippen LogP contribution is -2.16. The smallest absolute Gasteiger partial charge is 0.337 e. The minimum absolute atomic E-state index is 0.154. The maximum atomic E-state index is 12.5. The van der Waals surface area contributed by atoms with Crippen LogP contribution in [0.1, 0.15) is 21.5 Å². The van der Waals surface area contributed by atoms with E-state index in [1.54, 1.807) is 18.2 Å². The SMILES string of the molecule is Cc1cc(C)c(-n2sc3ccccc3c2=O)c(C(=O)O)c1. The number of fused-ring (bicyclic) bond motifs is 1. The fraction of sp³-hybridized carbons (Fsp3) is 0.125. The van der Waals surface area contributed by atoms with Gasteiger partial charge in [0.15, 0.2) is 0 Å². The van der Waals surface area contributed by atoms with Crippen molar-refractivity contribution in [3.8, 4) is 5.69 Å². The lowest BCUT2D eigenvalue weighted by Gasteiger charge is -2.10. The van der Waals surface area contributed by atoms with Crippen molar-refractivity contribution in [2.24, 2.45) is 0 Å². The molecular weight excluding hydrogens is 286 g/mol. The number of nitrogens with zero attached hydrogens (tertiary/aromatic N) is 1. The minimum atomic E-state index is -1.03. The van der Waals surface area contributed by atoms with Crippen molar-refractivity contribution >= 4 is 27.6 Å². The number of hydrogen-bond acceptors (Lipinski definition) is 3. The Morgan fingerprint density at radius 2 is 1.90 bits per heavy atom. The third-order valence-electron chi connectivity index (χ3n) is 3.37. The highest BCUT2D eigenvalue weighted by molar-refractivity contribution is 7.14. The molecule has 0 spiro atoms. The van der Waals surface area contributed by atoms with E-state index in [2.05, 4.69) is 0 Å². The van der Waals surface area contributed by atoms with Crippen molar-refractivity contribution in [1.29, 1.82) is 0 Å². The van der Waals surface area contributed by atoms with Gasteiger partial charge in [0, 0.05) is 0 Å². The molecule has 0 aliphatic carbocycles. The molecule has 0 aliphatic heterocycles. The Bertz CT molecular complexity index is 921. The van der Waals surface area contributed by atoms with Gasteiger partial charge in [-0.2, -0.15) is 0 Å². The van der Waals surface area contributed by atoms with E-state index >= 15 is 0 Å². The van der Waals surface area contributed by atoms with Crippen LogP contribution in [-0.4, -0.2) is 15.0 Å². The van der Waals surface area contributed by atoms with Crippen LogP contribution in [0.25, 0.3) is 15.8 Å². The average Bonchev–Trinajstić information content (AvgIpc) is 2.75. The molecule has 0 aliphatic rings. The number of aromatic carboxylic acids is 1. The first-order chi connectivity index (χ1) is 9.99. The van der Waals surface area contributed by atoms with Gasteiger partial charge in [0.1, 0.15) is 0 Å². The summed E-state index contributed by atoms with van der Waals surface area (Å²) in [5.41, 5.74) is 2.08. The highest BCUT2D eigenvalue weighted by Gasteiger charge is 2.18. The molecule has 0 fully saturated rings. The number of carbonyl (C=O) groups is 1. The molecule has 0 atom stereocenters. The maximum absolute atomic E-state index is 12.5. The Labute approximate surface area is 125 Å². The molecule has 1 aromatic heterocycles. The Morgan fingerprint density at radius 1 is 1.19 bits per heavy atom. The molecule has 0 radical (unpaired) electrons. The van der Waals surface area contributed by atoms with Crippen LogP contribution in [0.3, 0.4) is 0 Å². The highest BCUT2D eigenvalue weighted by atomic mass is 32.1. The lowest BCUT2D eigenvalue weighted by molar-refractivity contribution is 0.0697. The number of hydrogen-bond donors (Lipinski definition) is 1. The Morgan fingerprint density at radius 3 is 2.57 bits per heavy atom. The lowest BCUT2D eigenvalue weighted by atomic mass is 10.0. The van der Waals surface area contributed by atoms with Gasteiger partial charge in [-0.25, -0.2) is 8.75 Å². The summed E-state index contributed by atoms with van der Waals surface area (Å²) < 4.78 is 2.32. The van der Waals surface area contributed by atoms with E-state index < -0.39 is 5.97 Å². The standard InChI is InChI=1S/C16H13NO3S/c1-9-7-10(2)14(12(8-9)16(19)20)17-15(18)11-5-3-4-6-13(11)21-17/h3-8H,1-2H3,(H,19,20). The van der Waals surface area contributed by atoms with E-state index in [0.29, 0.717) is 11.1 Å². The summed E-state index contributed by atoms with van der Waals surface area (Å²) in [5, 5.41) is 10.0. The largest absolute Gasteiger partial charge is 0.478 e. The van der Waals surface area contributed by atoms with Crippen molar-refractivity contribution in [2.75, 3.05) is 0 Å². The fourth-order valence-electron chi connectivity index (χ4n) is 2.51. The Kier molecular flexibility index (Phi) is 3.14. The van der Waals surface area contributed by atoms with Crippen LogP contribution in [0.5, 0.6) is 0 Å². The van der Waals surface area contributed by atoms with Gasteiger partial charge in [-0.1, -0.05) is 29.7 Å². The summed E-state index contributed by atoms with van der Waals surface area (Å²) in [4.78, 5) is 24.0. The van der Waals surface area contributed by atoms with Crippen LogP contribution < -0.4 is 5.56 Å². The average molecular weight is 299 g/mol. The molecule has 1 heterocycles. The second-order valence-corrected chi connectivity index (χ2v) is 5.96. The highest BCUT2D eigenvalue weighted by Crippen LogP contribution is 2.26. The summed E-state index contributed by atoms with van der Waals surface area (Å²) in [5.74, 6) is -1.03. The Balaban J connectivity index is 2.40. The third-order valence-corrected chi connectivity index (χ3v) is 4.45. The molecule has 3 aromatic rings. The van der Waals surface area contributed by atoms with Gasteiger partial charge in [0.2, 0.25) is 0 Å². The number of carboxylic acids is 1. The van der Waals surface area contributed by atoms with Crippen LogP contribution in [0.4, 0.5) is 0 Å². The van der Waals surface area contributed by atoms with Gasteiger partial charge in [-0.15, -0.1) is 0 Å². The molecule has 0 amide bonds. The summed E-state index contributed by atoms with van der Waals surface area (Å²) in [7, 11) is 0. The molecule has 4 nitrogen and oxygen atoms in total. The van der Waals surface area contributed by atoms with Crippen LogP contribution >= 0.6 is 11.5 Å². The van der Waals surface area contributed by atoms with Gasteiger partial charge in [-0.3, -0.25) is 4.79 Å². The second kappa shape index (κ2) is 4.86. The van der Waals surface area contributed by atoms with Gasteiger partial charge in [0.25, 0.3) is 5.56 Å². The zero-order chi connectivity index (χ0) is 15.1. The topological polar surface area (TPSA) is 59.3 Å². The van der Waals surface area contributed by atoms with Crippen molar-refractivity contribution < 1.29 is 9.90 Å². The van der Waals surface area contributed by atoms with Gasteiger partial charge in [0.05, 0.1) is 21.3 Å². The molecule has 5 heteroatoms. The van der Waals surface area contributed by atoms with E-state index in [4.69, 9.17) is 0 Å². The first-order valence-corrected chi connectivity index (χ1v) is 7.22. The minimum Gasteiger partial charge on any atom is -0.478 e. The van der Waals surface area contributed by atoms with Crippen LogP contribution in [0, 0.1) is 13.8 Å². The molecule has 1 N–H and O–H groups in total. The molecule has 106 valence electrons. The Hall–Kier alpha value is -2.40. The predicted molar refractivity (Wildman–Crippen MR) is 83.9 cm³/mol.